The number of carbonyl (C=O) groups excluding carboxylic acids is 1. The Hall–Kier alpha value is -2.26. The van der Waals surface area contributed by atoms with Crippen LogP contribution >= 0.6 is 0 Å². The zero-order valence-corrected chi connectivity index (χ0v) is 18.4. The number of hydrogen-bond acceptors (Lipinski definition) is 5. The molecule has 0 spiro atoms. The lowest BCUT2D eigenvalue weighted by Crippen LogP contribution is -2.48. The number of piperazine rings is 1. The molecule has 2 aliphatic rings. The molecule has 2 heterocycles. The Kier molecular flexibility index (Phi) is 7.02. The molecule has 0 bridgehead atoms. The van der Waals surface area contributed by atoms with Crippen LogP contribution in [0.3, 0.4) is 0 Å². The van der Waals surface area contributed by atoms with Crippen molar-refractivity contribution in [3.63, 3.8) is 0 Å². The lowest BCUT2D eigenvalue weighted by atomic mass is 10.1. The normalized spacial score (nSPS) is 20.1. The number of benzene rings is 2. The van der Waals surface area contributed by atoms with Crippen LogP contribution in [-0.2, 0) is 21.3 Å². The zero-order valence-electron chi connectivity index (χ0n) is 17.6. The highest BCUT2D eigenvalue weighted by atomic mass is 32.2. The van der Waals surface area contributed by atoms with E-state index in [1.807, 2.05) is 18.2 Å². The Labute approximate surface area is 184 Å². The van der Waals surface area contributed by atoms with E-state index in [4.69, 9.17) is 4.74 Å². The number of nitrogens with one attached hydrogen (secondary N) is 1. The number of sulfonamides is 1. The summed E-state index contributed by atoms with van der Waals surface area (Å²) in [4.78, 5) is 17.2. The Morgan fingerprint density at radius 3 is 2.52 bits per heavy atom. The molecule has 2 aromatic carbocycles. The predicted molar refractivity (Wildman–Crippen MR) is 118 cm³/mol. The van der Waals surface area contributed by atoms with Crippen LogP contribution in [0, 0.1) is 0 Å². The fourth-order valence-corrected chi connectivity index (χ4v) is 5.13. The van der Waals surface area contributed by atoms with Crippen LogP contribution in [0.25, 0.3) is 0 Å². The molecule has 2 aliphatic heterocycles. The third-order valence-electron chi connectivity index (χ3n) is 5.82. The minimum atomic E-state index is -3.69. The second-order valence-electron chi connectivity index (χ2n) is 8.07. The summed E-state index contributed by atoms with van der Waals surface area (Å²) in [6, 6.07) is 16.6. The van der Waals surface area contributed by atoms with Crippen molar-refractivity contribution in [1.29, 1.82) is 0 Å². The van der Waals surface area contributed by atoms with Crippen LogP contribution in [0.15, 0.2) is 59.5 Å². The SMILES string of the molecule is O=C(c1cccc(S(=O)(=O)NC[C@@H]2CCCO2)c1)N1CCN(Cc2ccccc2)CC1. The summed E-state index contributed by atoms with van der Waals surface area (Å²) in [5, 5.41) is 0. The largest absolute Gasteiger partial charge is 0.377 e. The highest BCUT2D eigenvalue weighted by molar-refractivity contribution is 7.89. The maximum atomic E-state index is 13.0. The third-order valence-corrected chi connectivity index (χ3v) is 7.25. The molecule has 4 rings (SSSR count). The van der Waals surface area contributed by atoms with Crippen LogP contribution in [-0.4, -0.2) is 69.6 Å². The van der Waals surface area contributed by atoms with Gasteiger partial charge in [0.05, 0.1) is 11.0 Å². The van der Waals surface area contributed by atoms with Gasteiger partial charge in [0.25, 0.3) is 5.91 Å². The molecule has 166 valence electrons. The monoisotopic (exact) mass is 443 g/mol. The molecule has 0 aliphatic carbocycles. The van der Waals surface area contributed by atoms with Crippen LogP contribution in [0.1, 0.15) is 28.8 Å². The van der Waals surface area contributed by atoms with Crippen molar-refractivity contribution in [3.8, 4) is 0 Å². The van der Waals surface area contributed by atoms with Gasteiger partial charge in [0.2, 0.25) is 10.0 Å². The first kappa shape index (κ1) is 22.0. The Morgan fingerprint density at radius 1 is 1.03 bits per heavy atom. The Bertz CT molecular complexity index is 983. The molecule has 2 fully saturated rings. The smallest absolute Gasteiger partial charge is 0.253 e. The van der Waals surface area contributed by atoms with Crippen LogP contribution < -0.4 is 4.72 Å². The number of carbonyl (C=O) groups is 1. The molecule has 0 saturated carbocycles. The van der Waals surface area contributed by atoms with E-state index in [0.717, 1.165) is 32.5 Å². The summed E-state index contributed by atoms with van der Waals surface area (Å²) in [5.41, 5.74) is 1.66. The quantitative estimate of drug-likeness (QED) is 0.709. The summed E-state index contributed by atoms with van der Waals surface area (Å²) >= 11 is 0. The summed E-state index contributed by atoms with van der Waals surface area (Å²) in [5.74, 6) is -0.129. The lowest BCUT2D eigenvalue weighted by molar-refractivity contribution is 0.0628. The standard InChI is InChI=1S/C23H29N3O4S/c27-23(26-13-11-25(12-14-26)18-19-6-2-1-3-7-19)20-8-4-10-22(16-20)31(28,29)24-17-21-9-5-15-30-21/h1-4,6-8,10,16,21,24H,5,9,11-15,17-18H2/t21-/m0/s1. The highest BCUT2D eigenvalue weighted by Crippen LogP contribution is 2.17. The van der Waals surface area contributed by atoms with E-state index in [1.165, 1.54) is 17.7 Å². The van der Waals surface area contributed by atoms with Gasteiger partial charge in [-0.05, 0) is 36.6 Å². The molecular formula is C23H29N3O4S. The molecule has 2 aromatic rings. The van der Waals surface area contributed by atoms with Gasteiger partial charge in [0.15, 0.2) is 0 Å². The van der Waals surface area contributed by atoms with Gasteiger partial charge < -0.3 is 9.64 Å². The zero-order chi connectivity index (χ0) is 21.7. The molecule has 0 radical (unpaired) electrons. The fraction of sp³-hybridized carbons (Fsp3) is 0.435. The first-order valence-corrected chi connectivity index (χ1v) is 12.3. The van der Waals surface area contributed by atoms with Gasteiger partial charge in [-0.2, -0.15) is 0 Å². The van der Waals surface area contributed by atoms with Gasteiger partial charge in [0, 0.05) is 51.4 Å². The first-order valence-electron chi connectivity index (χ1n) is 10.8. The van der Waals surface area contributed by atoms with Gasteiger partial charge in [0.1, 0.15) is 0 Å². The maximum Gasteiger partial charge on any atom is 0.253 e. The van der Waals surface area contributed by atoms with Crippen molar-refractivity contribution in [2.24, 2.45) is 0 Å². The minimum absolute atomic E-state index is 0.0771. The highest BCUT2D eigenvalue weighted by Gasteiger charge is 2.24. The van der Waals surface area contributed by atoms with Crippen molar-refractivity contribution < 1.29 is 17.9 Å². The van der Waals surface area contributed by atoms with E-state index in [9.17, 15) is 13.2 Å². The Balaban J connectivity index is 1.34. The van der Waals surface area contributed by atoms with Gasteiger partial charge in [-0.15, -0.1) is 0 Å². The van der Waals surface area contributed by atoms with Crippen LogP contribution in [0.2, 0.25) is 0 Å². The van der Waals surface area contributed by atoms with Gasteiger partial charge in [-0.1, -0.05) is 36.4 Å². The lowest BCUT2D eigenvalue weighted by Gasteiger charge is -2.34. The van der Waals surface area contributed by atoms with Gasteiger partial charge in [-0.3, -0.25) is 9.69 Å². The van der Waals surface area contributed by atoms with E-state index < -0.39 is 10.0 Å². The van der Waals surface area contributed by atoms with E-state index in [2.05, 4.69) is 21.8 Å². The number of rotatable bonds is 7. The van der Waals surface area contributed by atoms with E-state index in [-0.39, 0.29) is 23.5 Å². The topological polar surface area (TPSA) is 78.9 Å². The fourth-order valence-electron chi connectivity index (χ4n) is 4.02. The molecule has 7 nitrogen and oxygen atoms in total. The summed E-state index contributed by atoms with van der Waals surface area (Å²) < 4.78 is 33.4. The van der Waals surface area contributed by atoms with Crippen LogP contribution in [0.4, 0.5) is 0 Å². The van der Waals surface area contributed by atoms with E-state index >= 15 is 0 Å². The molecule has 0 aromatic heterocycles. The van der Waals surface area contributed by atoms with E-state index in [1.54, 1.807) is 17.0 Å². The predicted octanol–water partition coefficient (Wildman–Crippen LogP) is 2.10. The minimum Gasteiger partial charge on any atom is -0.377 e. The average Bonchev–Trinajstić information content (AvgIpc) is 3.33. The molecule has 1 atom stereocenters. The number of nitrogens with zero attached hydrogens (tertiary/aromatic N) is 2. The van der Waals surface area contributed by atoms with Crippen molar-refractivity contribution in [1.82, 2.24) is 14.5 Å². The summed E-state index contributed by atoms with van der Waals surface area (Å²) in [6.45, 7) is 4.63. The molecule has 1 N–H and O–H groups in total. The third kappa shape index (κ3) is 5.71. The Morgan fingerprint density at radius 2 is 1.81 bits per heavy atom. The second-order valence-corrected chi connectivity index (χ2v) is 9.84. The van der Waals surface area contributed by atoms with Crippen LogP contribution in [0.5, 0.6) is 0 Å². The molecule has 1 amide bonds. The number of hydrogen-bond donors (Lipinski definition) is 1. The van der Waals surface area contributed by atoms with Gasteiger partial charge in [-0.25, -0.2) is 13.1 Å². The second kappa shape index (κ2) is 9.91. The summed E-state index contributed by atoms with van der Waals surface area (Å²) in [7, 11) is -3.69. The van der Waals surface area contributed by atoms with E-state index in [0.29, 0.717) is 25.3 Å². The molecule has 8 heteroatoms. The molecular weight excluding hydrogens is 414 g/mol. The van der Waals surface area contributed by atoms with Crippen molar-refractivity contribution in [3.05, 3.63) is 65.7 Å². The average molecular weight is 444 g/mol. The molecule has 0 unspecified atom stereocenters. The number of amides is 1. The van der Waals surface area contributed by atoms with Crippen molar-refractivity contribution in [2.45, 2.75) is 30.4 Å². The maximum absolute atomic E-state index is 13.0. The van der Waals surface area contributed by atoms with Crippen molar-refractivity contribution >= 4 is 15.9 Å². The number of ether oxygens (including phenoxy) is 1. The molecule has 31 heavy (non-hydrogen) atoms. The van der Waals surface area contributed by atoms with Gasteiger partial charge >= 0.3 is 0 Å². The summed E-state index contributed by atoms with van der Waals surface area (Å²) in [6.07, 6.45) is 1.73. The molecule has 2 saturated heterocycles. The first-order chi connectivity index (χ1) is 15.0. The van der Waals surface area contributed by atoms with Crippen molar-refractivity contribution in [2.75, 3.05) is 39.3 Å².